The lowest BCUT2D eigenvalue weighted by atomic mass is 9.98. The molecule has 40 heteroatoms. The Morgan fingerprint density at radius 2 is 0.842 bits per heavy atom. The molecule has 648 valence electrons. The van der Waals surface area contributed by atoms with Crippen LogP contribution in [0.2, 0.25) is 0 Å². The minimum absolute atomic E-state index is 0.00173. The van der Waals surface area contributed by atoms with Crippen molar-refractivity contribution in [2.24, 2.45) is 68.1 Å². The predicted octanol–water partition coefficient (Wildman–Crippen LogP) is -3.43. The number of urea groups is 1. The minimum Gasteiger partial charge on any atom is -0.394 e. The fraction of sp³-hybridized carbons (Fsp3) is 0.770. The van der Waals surface area contributed by atoms with Gasteiger partial charge < -0.3 is 119 Å². The maximum atomic E-state index is 14.9. The van der Waals surface area contributed by atoms with Crippen LogP contribution in [0.25, 0.3) is 0 Å². The zero-order valence-corrected chi connectivity index (χ0v) is 69.9. The molecular weight excluding hydrogens is 1500 g/mol. The average Bonchev–Trinajstić information content (AvgIpc) is 1.67. The van der Waals surface area contributed by atoms with Crippen LogP contribution in [-0.4, -0.2) is 233 Å². The van der Waals surface area contributed by atoms with Crippen molar-refractivity contribution >= 4 is 112 Å². The number of primary amides is 1. The lowest BCUT2D eigenvalue weighted by molar-refractivity contribution is -0.138. The first-order valence-corrected chi connectivity index (χ1v) is 40.7. The number of carbonyl (C=O) groups is 15. The molecule has 2 aliphatic rings. The third-order valence-corrected chi connectivity index (χ3v) is 20.2. The summed E-state index contributed by atoms with van der Waals surface area (Å²) in [5.41, 5.74) is 30.3. The summed E-state index contributed by atoms with van der Waals surface area (Å²) in [6, 6.07) is -13.3. The van der Waals surface area contributed by atoms with Crippen molar-refractivity contribution in [3.63, 3.8) is 0 Å². The molecule has 0 aromatic rings. The molecule has 0 aromatic carbocycles. The summed E-state index contributed by atoms with van der Waals surface area (Å²) >= 11 is 1.78. The highest BCUT2D eigenvalue weighted by atomic mass is 32.2. The van der Waals surface area contributed by atoms with Crippen molar-refractivity contribution in [3.8, 4) is 0 Å². The molecule has 114 heavy (non-hydrogen) atoms. The Morgan fingerprint density at radius 3 is 1.27 bits per heavy atom. The second-order valence-corrected chi connectivity index (χ2v) is 33.4. The number of carbonyl (C=O) groups excluding carboxylic acids is 15. The number of thioether (sulfide) groups is 1. The fourth-order valence-electron chi connectivity index (χ4n) is 12.5. The van der Waals surface area contributed by atoms with E-state index in [9.17, 15) is 77.0 Å². The summed E-state index contributed by atoms with van der Waals surface area (Å²) in [5, 5.41) is 50.7. The van der Waals surface area contributed by atoms with E-state index in [1.165, 1.54) is 41.5 Å². The van der Waals surface area contributed by atoms with Gasteiger partial charge in [0.1, 0.15) is 71.5 Å². The third kappa shape index (κ3) is 38.7. The number of rotatable bonds is 55. The molecule has 2 rings (SSSR count). The van der Waals surface area contributed by atoms with Crippen molar-refractivity contribution in [3.05, 3.63) is 0 Å². The molecule has 0 aliphatic carbocycles. The average molecular weight is 1640 g/mol. The molecule has 2 aliphatic heterocycles. The van der Waals surface area contributed by atoms with Gasteiger partial charge in [0.05, 0.1) is 18.7 Å². The number of aliphatic hydroxyl groups excluding tert-OH is 1. The van der Waals surface area contributed by atoms with Gasteiger partial charge in [-0.25, -0.2) is 4.79 Å². The largest absolute Gasteiger partial charge is 0.394 e. The Morgan fingerprint density at radius 1 is 0.465 bits per heavy atom. The molecule has 13 atom stereocenters. The molecule has 0 bridgehead atoms. The molecule has 2 fully saturated rings. The normalized spacial score (nSPS) is 17.2. The van der Waals surface area contributed by atoms with E-state index >= 15 is 0 Å². The minimum atomic E-state index is -1.87. The topological polar surface area (TPSA) is 638 Å². The Labute approximate surface area is 674 Å². The number of aliphatic hydroxyl groups is 1. The van der Waals surface area contributed by atoms with Gasteiger partial charge in [-0.3, -0.25) is 77.1 Å². The number of unbranched alkanes of at least 4 members (excludes halogenated alkanes) is 3. The van der Waals surface area contributed by atoms with Gasteiger partial charge in [-0.15, -0.1) is 0 Å². The summed E-state index contributed by atoms with van der Waals surface area (Å²) in [6.07, 6.45) is 3.88. The molecule has 39 nitrogen and oxygen atoms in total. The number of nitrogens with two attached hydrogens (primary N) is 6. The molecule has 2 heterocycles. The Bertz CT molecular complexity index is 3280. The third-order valence-electron chi connectivity index (χ3n) is 18.7. The highest BCUT2D eigenvalue weighted by Crippen LogP contribution is 2.33. The predicted molar refractivity (Wildman–Crippen MR) is 433 cm³/mol. The zero-order valence-electron chi connectivity index (χ0n) is 69.1. The van der Waals surface area contributed by atoms with E-state index in [-0.39, 0.29) is 175 Å². The van der Waals surface area contributed by atoms with Crippen LogP contribution >= 0.6 is 11.8 Å². The number of amides is 16. The summed E-state index contributed by atoms with van der Waals surface area (Å²) in [4.78, 5) is 214. The molecule has 28 N–H and O–H groups in total. The molecule has 0 aromatic heterocycles. The van der Waals surface area contributed by atoms with Crippen LogP contribution in [0.3, 0.4) is 0 Å². The number of nitrogens with one attached hydrogen (secondary N) is 15. The monoisotopic (exact) mass is 1630 g/mol. The second kappa shape index (κ2) is 50.8. The number of fused-ring (bicyclic) bond motifs is 1. The number of hydrogen-bond acceptors (Lipinski definition) is 20. The standard InChI is InChI=1S/C74H135N23O16S/c1-39(2)33-49(58(76)101)88-64(107)50(34-40(3)4)89-62(105)47(26-22-32-83-71(79)80)86-63(106)48(24-18-20-30-81-56(100)28-16-15-27-55-57-54(38-114-55)94-72(113)95-57)92-68(111)73(11,12)96-66(109)52(36-42(7)8)90-61(104)45(23-17-19-29-75)85-60(103)46(25-21-31-82-70(77)78)87-65(108)51(35-41(5)6)93-69(112)74(13,14)97-67(110)53(37-98)91-59(102)43(9)84-44(10)99/h39-43,45-55,57,98H,15-38,75H2,1-14H3,(H2,76,101)(H,81,100)(H,84,99)(H,85,103)(H,86,106)(H,87,108)(H,88,107)(H,89,105)(H,90,104)(H,91,102)(H,92,111)(H,93,112)(H,96,109)(H,97,110)(H4,77,78,82)(H4,79,80,83)(H2,94,95,113)/t43-,45-,46-,47-,48-,49-,50-,51-,52-,53-,54-,55-,57-/m0/s1. The quantitative estimate of drug-likeness (QED) is 0.0122. The maximum Gasteiger partial charge on any atom is 0.315 e. The number of hydrogen-bond donors (Lipinski definition) is 22. The first-order chi connectivity index (χ1) is 53.3. The van der Waals surface area contributed by atoms with E-state index in [1.807, 2.05) is 27.7 Å². The summed E-state index contributed by atoms with van der Waals surface area (Å²) in [7, 11) is 0. The van der Waals surface area contributed by atoms with Gasteiger partial charge in [0, 0.05) is 44.0 Å². The van der Waals surface area contributed by atoms with Crippen LogP contribution < -0.4 is 114 Å². The van der Waals surface area contributed by atoms with Gasteiger partial charge in [0.2, 0.25) is 82.7 Å². The van der Waals surface area contributed by atoms with Crippen molar-refractivity contribution in [2.75, 3.05) is 38.5 Å². The first kappa shape index (κ1) is 101. The van der Waals surface area contributed by atoms with Crippen LogP contribution in [0, 0.1) is 23.7 Å². The Kier molecular flexibility index (Phi) is 44.9. The van der Waals surface area contributed by atoms with E-state index < -0.39 is 155 Å². The lowest BCUT2D eigenvalue weighted by Crippen LogP contribution is -2.64. The van der Waals surface area contributed by atoms with Crippen LogP contribution in [0.5, 0.6) is 0 Å². The van der Waals surface area contributed by atoms with Gasteiger partial charge in [-0.05, 0) is 168 Å². The van der Waals surface area contributed by atoms with Crippen molar-refractivity contribution in [2.45, 2.75) is 301 Å². The zero-order chi connectivity index (χ0) is 86.3. The molecule has 0 radical (unpaired) electrons. The smallest absolute Gasteiger partial charge is 0.315 e. The van der Waals surface area contributed by atoms with Crippen LogP contribution in [0.1, 0.15) is 213 Å². The first-order valence-electron chi connectivity index (χ1n) is 39.6. The highest BCUT2D eigenvalue weighted by molar-refractivity contribution is 8.00. The van der Waals surface area contributed by atoms with E-state index in [0.29, 0.717) is 19.3 Å². The van der Waals surface area contributed by atoms with Crippen molar-refractivity contribution in [1.29, 1.82) is 0 Å². The van der Waals surface area contributed by atoms with Gasteiger partial charge >= 0.3 is 6.03 Å². The van der Waals surface area contributed by atoms with E-state index in [2.05, 4.69) is 89.7 Å². The molecule has 2 saturated heterocycles. The fourth-order valence-corrected chi connectivity index (χ4v) is 14.1. The van der Waals surface area contributed by atoms with Gasteiger partial charge in [-0.2, -0.15) is 11.8 Å². The summed E-state index contributed by atoms with van der Waals surface area (Å²) < 4.78 is 0. The number of guanidine groups is 2. The number of aliphatic imine (C=N–C) groups is 2. The van der Waals surface area contributed by atoms with Crippen LogP contribution in [0.4, 0.5) is 4.79 Å². The summed E-state index contributed by atoms with van der Waals surface area (Å²) in [5.74, 6) is -11.2. The molecular formula is C74H135N23O16S. The number of nitrogens with zero attached hydrogens (tertiary/aromatic N) is 2. The Balaban J connectivity index is 2.56. The van der Waals surface area contributed by atoms with Crippen molar-refractivity contribution in [1.82, 2.24) is 79.8 Å². The molecule has 0 spiro atoms. The lowest BCUT2D eigenvalue weighted by Gasteiger charge is -2.32. The van der Waals surface area contributed by atoms with E-state index in [1.54, 1.807) is 39.5 Å². The SMILES string of the molecule is CC(=O)N[C@@H](C)C(=O)N[C@@H](CO)C(=O)NC(C)(C)C(=O)N[C@@H](CC(C)C)C(=O)N[C@@H](CCCN=C(N)N)C(=O)N[C@@H](CCCCN)C(=O)N[C@@H](CC(C)C)C(=O)NC(C)(C)C(=O)N[C@@H](CCCCNC(=O)CCCC[C@@H]1SC[C@@H]2NC(=O)N[C@@H]21)C(=O)N[C@@H](CCCN=C(N)N)C(=O)N[C@@H](CC(C)C)C(=O)N[C@@H](CC(C)C)C(N)=O. The molecule has 0 saturated carbocycles. The van der Waals surface area contributed by atoms with Crippen LogP contribution in [-0.2, 0) is 67.1 Å². The summed E-state index contributed by atoms with van der Waals surface area (Å²) in [6.45, 7) is 21.8. The van der Waals surface area contributed by atoms with Crippen molar-refractivity contribution < 1.29 is 77.0 Å². The molecule has 16 amide bonds. The van der Waals surface area contributed by atoms with E-state index in [4.69, 9.17) is 34.4 Å². The van der Waals surface area contributed by atoms with Crippen LogP contribution in [0.15, 0.2) is 9.98 Å². The molecule has 0 unspecified atom stereocenters. The van der Waals surface area contributed by atoms with Gasteiger partial charge in [0.25, 0.3) is 0 Å². The van der Waals surface area contributed by atoms with E-state index in [0.717, 1.165) is 18.6 Å². The maximum absolute atomic E-state index is 14.9. The Hall–Kier alpha value is -9.34. The van der Waals surface area contributed by atoms with Gasteiger partial charge in [0.15, 0.2) is 11.9 Å². The van der Waals surface area contributed by atoms with Gasteiger partial charge in [-0.1, -0.05) is 61.8 Å². The second-order valence-electron chi connectivity index (χ2n) is 32.1. The highest BCUT2D eigenvalue weighted by Gasteiger charge is 2.44.